The first-order chi connectivity index (χ1) is 13.8. The van der Waals surface area contributed by atoms with Gasteiger partial charge in [-0.15, -0.1) is 0 Å². The average molecular weight is 395 g/mol. The van der Waals surface area contributed by atoms with Crippen LogP contribution in [-0.2, 0) is 4.79 Å². The Kier molecular flexibility index (Phi) is 6.57. The lowest BCUT2D eigenvalue weighted by molar-refractivity contribution is -0.118. The Bertz CT molecular complexity index is 883. The van der Waals surface area contributed by atoms with E-state index in [9.17, 15) is 9.59 Å². The van der Waals surface area contributed by atoms with E-state index in [1.54, 1.807) is 12.1 Å². The molecule has 3 rings (SSSR count). The average Bonchev–Trinajstić information content (AvgIpc) is 2.68. The van der Waals surface area contributed by atoms with E-state index in [1.807, 2.05) is 49.1 Å². The van der Waals surface area contributed by atoms with Gasteiger partial charge in [0.2, 0.25) is 0 Å². The summed E-state index contributed by atoms with van der Waals surface area (Å²) >= 11 is 0. The molecule has 2 amide bonds. The highest BCUT2D eigenvalue weighted by Crippen LogP contribution is 2.25. The van der Waals surface area contributed by atoms with Crippen molar-refractivity contribution in [2.75, 3.05) is 25.0 Å². The van der Waals surface area contributed by atoms with Gasteiger partial charge >= 0.3 is 0 Å². The van der Waals surface area contributed by atoms with Crippen LogP contribution in [-0.4, -0.2) is 36.4 Å². The van der Waals surface area contributed by atoms with Crippen molar-refractivity contribution in [2.24, 2.45) is 11.8 Å². The Labute approximate surface area is 173 Å². The van der Waals surface area contributed by atoms with Crippen molar-refractivity contribution in [3.05, 3.63) is 59.2 Å². The van der Waals surface area contributed by atoms with Crippen molar-refractivity contribution in [1.29, 1.82) is 0 Å². The summed E-state index contributed by atoms with van der Waals surface area (Å²) in [5.74, 6) is 1.34. The number of aryl methyl sites for hydroxylation is 2. The number of hydrogen-bond acceptors (Lipinski definition) is 3. The first-order valence-electron chi connectivity index (χ1n) is 10.2. The predicted molar refractivity (Wildman–Crippen MR) is 115 cm³/mol. The molecular formula is C24H30N2O3. The second-order valence-electron chi connectivity index (χ2n) is 8.31. The molecule has 5 heteroatoms. The first kappa shape index (κ1) is 20.9. The number of amides is 2. The molecule has 0 aromatic heterocycles. The lowest BCUT2D eigenvalue weighted by Gasteiger charge is -2.35. The Morgan fingerprint density at radius 2 is 1.76 bits per heavy atom. The minimum absolute atomic E-state index is 0.0326. The molecule has 1 heterocycles. The third-order valence-electron chi connectivity index (χ3n) is 5.29. The molecule has 1 N–H and O–H groups in total. The highest BCUT2D eigenvalue weighted by Gasteiger charge is 2.27. The Morgan fingerprint density at radius 1 is 1.07 bits per heavy atom. The van der Waals surface area contributed by atoms with E-state index in [0.717, 1.165) is 30.6 Å². The molecule has 0 bridgehead atoms. The zero-order valence-corrected chi connectivity index (χ0v) is 17.7. The smallest absolute Gasteiger partial charge is 0.262 e. The number of likely N-dealkylation sites (tertiary alicyclic amines) is 1. The Balaban J connectivity index is 1.67. The molecule has 29 heavy (non-hydrogen) atoms. The number of anilines is 1. The largest absolute Gasteiger partial charge is 0.483 e. The maximum Gasteiger partial charge on any atom is 0.262 e. The van der Waals surface area contributed by atoms with E-state index < -0.39 is 0 Å². The Hall–Kier alpha value is -2.82. The highest BCUT2D eigenvalue weighted by molar-refractivity contribution is 6.04. The van der Waals surface area contributed by atoms with Gasteiger partial charge in [-0.25, -0.2) is 0 Å². The minimum atomic E-state index is -0.286. The van der Waals surface area contributed by atoms with Crippen molar-refractivity contribution in [2.45, 2.75) is 34.1 Å². The van der Waals surface area contributed by atoms with E-state index in [-0.39, 0.29) is 18.4 Å². The van der Waals surface area contributed by atoms with Crippen molar-refractivity contribution in [3.8, 4) is 5.75 Å². The van der Waals surface area contributed by atoms with Crippen LogP contribution in [0.15, 0.2) is 42.5 Å². The molecule has 1 aliphatic rings. The number of carbonyl (C=O) groups is 2. The molecule has 2 atom stereocenters. The van der Waals surface area contributed by atoms with E-state index in [0.29, 0.717) is 28.8 Å². The van der Waals surface area contributed by atoms with Gasteiger partial charge in [-0.05, 0) is 61.4 Å². The Morgan fingerprint density at radius 3 is 2.48 bits per heavy atom. The number of carbonyl (C=O) groups excluding carboxylic acids is 2. The van der Waals surface area contributed by atoms with Crippen LogP contribution in [0.3, 0.4) is 0 Å². The van der Waals surface area contributed by atoms with Crippen LogP contribution in [0.1, 0.15) is 41.8 Å². The summed E-state index contributed by atoms with van der Waals surface area (Å²) in [6.45, 7) is 9.67. The number of nitrogens with one attached hydrogen (secondary N) is 1. The summed E-state index contributed by atoms with van der Waals surface area (Å²) in [5.41, 5.74) is 3.10. The summed E-state index contributed by atoms with van der Waals surface area (Å²) in [5, 5.41) is 2.85. The summed E-state index contributed by atoms with van der Waals surface area (Å²) < 4.78 is 5.69. The summed E-state index contributed by atoms with van der Waals surface area (Å²) in [7, 11) is 0. The van der Waals surface area contributed by atoms with Gasteiger partial charge in [0.1, 0.15) is 5.75 Å². The van der Waals surface area contributed by atoms with Crippen LogP contribution in [0.5, 0.6) is 5.75 Å². The molecule has 1 aliphatic heterocycles. The van der Waals surface area contributed by atoms with Crippen molar-refractivity contribution in [1.82, 2.24) is 4.90 Å². The fraction of sp³-hybridized carbons (Fsp3) is 0.417. The van der Waals surface area contributed by atoms with E-state index in [1.165, 1.54) is 0 Å². The van der Waals surface area contributed by atoms with Gasteiger partial charge in [0.15, 0.2) is 6.61 Å². The fourth-order valence-electron chi connectivity index (χ4n) is 3.97. The SMILES string of the molecule is Cc1ccc(C)c(OCC(=O)Nc2ccccc2C(=O)N2CC(C)CC(C)C2)c1. The van der Waals surface area contributed by atoms with Crippen LogP contribution in [0.2, 0.25) is 0 Å². The standard InChI is InChI=1S/C24H30N2O3/c1-16-9-10-19(4)22(12-16)29-15-23(27)25-21-8-6-5-7-20(21)24(28)26-13-17(2)11-18(3)14-26/h5-10,12,17-18H,11,13-15H2,1-4H3,(H,25,27). The molecule has 0 saturated carbocycles. The third-order valence-corrected chi connectivity index (χ3v) is 5.29. The summed E-state index contributed by atoms with van der Waals surface area (Å²) in [6, 6.07) is 13.1. The summed E-state index contributed by atoms with van der Waals surface area (Å²) in [4.78, 5) is 27.5. The predicted octanol–water partition coefficient (Wildman–Crippen LogP) is 4.44. The number of nitrogens with zero attached hydrogens (tertiary/aromatic N) is 1. The molecule has 1 fully saturated rings. The van der Waals surface area contributed by atoms with Crippen molar-refractivity contribution in [3.63, 3.8) is 0 Å². The number of benzene rings is 2. The van der Waals surface area contributed by atoms with E-state index >= 15 is 0 Å². The van der Waals surface area contributed by atoms with Crippen molar-refractivity contribution < 1.29 is 14.3 Å². The monoisotopic (exact) mass is 394 g/mol. The molecule has 2 aromatic rings. The van der Waals surface area contributed by atoms with Crippen molar-refractivity contribution >= 4 is 17.5 Å². The second kappa shape index (κ2) is 9.12. The van der Waals surface area contributed by atoms with Crippen LogP contribution >= 0.6 is 0 Å². The lowest BCUT2D eigenvalue weighted by atomic mass is 9.91. The molecule has 0 aliphatic carbocycles. The first-order valence-corrected chi connectivity index (χ1v) is 10.2. The second-order valence-corrected chi connectivity index (χ2v) is 8.31. The number of piperidine rings is 1. The van der Waals surface area contributed by atoms with Crippen LogP contribution < -0.4 is 10.1 Å². The van der Waals surface area contributed by atoms with Gasteiger partial charge < -0.3 is 15.0 Å². The zero-order valence-electron chi connectivity index (χ0n) is 17.7. The molecule has 2 aromatic carbocycles. The lowest BCUT2D eigenvalue weighted by Crippen LogP contribution is -2.42. The normalized spacial score (nSPS) is 19.0. The molecule has 2 unspecified atom stereocenters. The molecule has 0 spiro atoms. The van der Waals surface area contributed by atoms with Gasteiger partial charge in [0.05, 0.1) is 11.3 Å². The highest BCUT2D eigenvalue weighted by atomic mass is 16.5. The molecular weight excluding hydrogens is 364 g/mol. The topological polar surface area (TPSA) is 58.6 Å². The zero-order chi connectivity index (χ0) is 21.0. The molecule has 0 radical (unpaired) electrons. The maximum atomic E-state index is 13.1. The van der Waals surface area contributed by atoms with Gasteiger partial charge in [0, 0.05) is 13.1 Å². The number of rotatable bonds is 5. The van der Waals surface area contributed by atoms with Crippen LogP contribution in [0.25, 0.3) is 0 Å². The van der Waals surface area contributed by atoms with Gasteiger partial charge in [-0.1, -0.05) is 38.1 Å². The van der Waals surface area contributed by atoms with Gasteiger partial charge in [-0.2, -0.15) is 0 Å². The number of hydrogen-bond donors (Lipinski definition) is 1. The van der Waals surface area contributed by atoms with Crippen LogP contribution in [0.4, 0.5) is 5.69 Å². The van der Waals surface area contributed by atoms with Crippen LogP contribution in [0, 0.1) is 25.7 Å². The van der Waals surface area contributed by atoms with Gasteiger partial charge in [0.25, 0.3) is 11.8 Å². The third kappa shape index (κ3) is 5.37. The maximum absolute atomic E-state index is 13.1. The molecule has 5 nitrogen and oxygen atoms in total. The van der Waals surface area contributed by atoms with E-state index in [2.05, 4.69) is 19.2 Å². The summed E-state index contributed by atoms with van der Waals surface area (Å²) in [6.07, 6.45) is 1.14. The molecule has 154 valence electrons. The number of para-hydroxylation sites is 1. The molecule has 1 saturated heterocycles. The quantitative estimate of drug-likeness (QED) is 0.816. The van der Waals surface area contributed by atoms with E-state index in [4.69, 9.17) is 4.74 Å². The fourth-order valence-corrected chi connectivity index (χ4v) is 3.97. The minimum Gasteiger partial charge on any atom is -0.483 e. The number of ether oxygens (including phenoxy) is 1. The van der Waals surface area contributed by atoms with Gasteiger partial charge in [-0.3, -0.25) is 9.59 Å².